The van der Waals surface area contributed by atoms with Crippen molar-refractivity contribution in [3.63, 3.8) is 0 Å². The standard InChI is InChI=1S/C10H14N4O/c15-10(8-4-12-7-13-5-8)14-9-2-1-3-11-6-9/h4-5,7,9,11H,1-3,6H2,(H,14,15). The van der Waals surface area contributed by atoms with Crippen LogP contribution in [0.15, 0.2) is 18.7 Å². The van der Waals surface area contributed by atoms with Crippen LogP contribution in [0.2, 0.25) is 0 Å². The first-order valence-corrected chi connectivity index (χ1v) is 5.13. The Morgan fingerprint density at radius 3 is 2.93 bits per heavy atom. The summed E-state index contributed by atoms with van der Waals surface area (Å²) >= 11 is 0. The van der Waals surface area contributed by atoms with Crippen LogP contribution in [0.3, 0.4) is 0 Å². The Bertz CT molecular complexity index is 321. The number of nitrogens with zero attached hydrogens (tertiary/aromatic N) is 2. The van der Waals surface area contributed by atoms with Gasteiger partial charge in [-0.1, -0.05) is 0 Å². The van der Waals surface area contributed by atoms with E-state index >= 15 is 0 Å². The molecule has 0 radical (unpaired) electrons. The van der Waals surface area contributed by atoms with Crippen LogP contribution in [0.25, 0.3) is 0 Å². The second-order valence-corrected chi connectivity index (χ2v) is 3.64. The fourth-order valence-electron chi connectivity index (χ4n) is 1.66. The van der Waals surface area contributed by atoms with E-state index in [1.807, 2.05) is 0 Å². The third-order valence-corrected chi connectivity index (χ3v) is 2.45. The summed E-state index contributed by atoms with van der Waals surface area (Å²) in [5.41, 5.74) is 0.517. The summed E-state index contributed by atoms with van der Waals surface area (Å²) in [6.45, 7) is 1.89. The van der Waals surface area contributed by atoms with Crippen molar-refractivity contribution in [3.05, 3.63) is 24.3 Å². The summed E-state index contributed by atoms with van der Waals surface area (Å²) in [7, 11) is 0. The smallest absolute Gasteiger partial charge is 0.254 e. The number of aromatic nitrogens is 2. The second-order valence-electron chi connectivity index (χ2n) is 3.64. The molecule has 0 spiro atoms. The van der Waals surface area contributed by atoms with E-state index < -0.39 is 0 Å². The first kappa shape index (κ1) is 10.0. The number of rotatable bonds is 2. The van der Waals surface area contributed by atoms with Gasteiger partial charge in [0.05, 0.1) is 5.56 Å². The quantitative estimate of drug-likeness (QED) is 0.712. The maximum absolute atomic E-state index is 11.7. The van der Waals surface area contributed by atoms with Crippen molar-refractivity contribution < 1.29 is 4.79 Å². The minimum atomic E-state index is -0.0932. The van der Waals surface area contributed by atoms with E-state index in [0.717, 1.165) is 25.9 Å². The van der Waals surface area contributed by atoms with Gasteiger partial charge >= 0.3 is 0 Å². The first-order chi connectivity index (χ1) is 7.36. The Kier molecular flexibility index (Phi) is 3.24. The number of hydrogen-bond acceptors (Lipinski definition) is 4. The molecule has 1 aliphatic rings. The van der Waals surface area contributed by atoms with Crippen LogP contribution in [0, 0.1) is 0 Å². The van der Waals surface area contributed by atoms with Gasteiger partial charge in [0.1, 0.15) is 6.33 Å². The molecule has 5 nitrogen and oxygen atoms in total. The van der Waals surface area contributed by atoms with Gasteiger partial charge in [0.2, 0.25) is 0 Å². The van der Waals surface area contributed by atoms with Crippen LogP contribution in [0.1, 0.15) is 23.2 Å². The third-order valence-electron chi connectivity index (χ3n) is 2.45. The fourth-order valence-corrected chi connectivity index (χ4v) is 1.66. The van der Waals surface area contributed by atoms with Gasteiger partial charge in [0.15, 0.2) is 0 Å². The second kappa shape index (κ2) is 4.84. The topological polar surface area (TPSA) is 66.9 Å². The molecule has 80 valence electrons. The average Bonchev–Trinajstić information content (AvgIpc) is 2.31. The zero-order valence-electron chi connectivity index (χ0n) is 8.44. The number of nitrogens with one attached hydrogen (secondary N) is 2. The summed E-state index contributed by atoms with van der Waals surface area (Å²) < 4.78 is 0. The summed E-state index contributed by atoms with van der Waals surface area (Å²) in [5.74, 6) is -0.0932. The molecule has 1 aliphatic heterocycles. The van der Waals surface area contributed by atoms with Crippen LogP contribution >= 0.6 is 0 Å². The van der Waals surface area contributed by atoms with Gasteiger partial charge in [-0.25, -0.2) is 9.97 Å². The summed E-state index contributed by atoms with van der Waals surface area (Å²) in [4.78, 5) is 19.3. The van der Waals surface area contributed by atoms with Crippen LogP contribution in [0.5, 0.6) is 0 Å². The molecule has 0 aromatic carbocycles. The predicted molar refractivity (Wildman–Crippen MR) is 55.4 cm³/mol. The average molecular weight is 206 g/mol. The lowest BCUT2D eigenvalue weighted by Gasteiger charge is -2.23. The molecule has 0 bridgehead atoms. The Hall–Kier alpha value is -1.49. The molecule has 15 heavy (non-hydrogen) atoms. The number of amides is 1. The highest BCUT2D eigenvalue weighted by Gasteiger charge is 2.16. The van der Waals surface area contributed by atoms with Crippen LogP contribution in [0.4, 0.5) is 0 Å². The highest BCUT2D eigenvalue weighted by Crippen LogP contribution is 2.02. The van der Waals surface area contributed by atoms with E-state index in [4.69, 9.17) is 0 Å². The molecule has 5 heteroatoms. The number of carbonyl (C=O) groups excluding carboxylic acids is 1. The zero-order chi connectivity index (χ0) is 10.5. The van der Waals surface area contributed by atoms with Gasteiger partial charge < -0.3 is 10.6 Å². The first-order valence-electron chi connectivity index (χ1n) is 5.13. The number of piperidine rings is 1. The van der Waals surface area contributed by atoms with Crippen molar-refractivity contribution >= 4 is 5.91 Å². The predicted octanol–water partition coefficient (Wildman–Crippen LogP) is -0.0416. The molecule has 1 unspecified atom stereocenters. The SMILES string of the molecule is O=C(NC1CCCNC1)c1cncnc1. The largest absolute Gasteiger partial charge is 0.348 e. The Labute approximate surface area is 88.3 Å². The van der Waals surface area contributed by atoms with Crippen LogP contribution < -0.4 is 10.6 Å². The lowest BCUT2D eigenvalue weighted by molar-refractivity contribution is 0.0930. The molecular weight excluding hydrogens is 192 g/mol. The lowest BCUT2D eigenvalue weighted by Crippen LogP contribution is -2.45. The fraction of sp³-hybridized carbons (Fsp3) is 0.500. The molecule has 0 aliphatic carbocycles. The van der Waals surface area contributed by atoms with Gasteiger partial charge in [0, 0.05) is 25.0 Å². The molecule has 1 atom stereocenters. The molecule has 1 aromatic rings. The van der Waals surface area contributed by atoms with Crippen molar-refractivity contribution in [3.8, 4) is 0 Å². The molecule has 2 N–H and O–H groups in total. The van der Waals surface area contributed by atoms with Crippen molar-refractivity contribution in [2.45, 2.75) is 18.9 Å². The van der Waals surface area contributed by atoms with E-state index in [9.17, 15) is 4.79 Å². The molecule has 1 amide bonds. The zero-order valence-corrected chi connectivity index (χ0v) is 8.44. The molecular formula is C10H14N4O. The third kappa shape index (κ3) is 2.73. The number of hydrogen-bond donors (Lipinski definition) is 2. The monoisotopic (exact) mass is 206 g/mol. The van der Waals surface area contributed by atoms with E-state index in [1.165, 1.54) is 18.7 Å². The minimum Gasteiger partial charge on any atom is -0.348 e. The Morgan fingerprint density at radius 2 is 2.27 bits per heavy atom. The highest BCUT2D eigenvalue weighted by molar-refractivity contribution is 5.93. The van der Waals surface area contributed by atoms with Gasteiger partial charge in [-0.3, -0.25) is 4.79 Å². The van der Waals surface area contributed by atoms with E-state index in [1.54, 1.807) is 0 Å². The molecule has 0 saturated carbocycles. The van der Waals surface area contributed by atoms with Gasteiger partial charge in [0.25, 0.3) is 5.91 Å². The van der Waals surface area contributed by atoms with Crippen LogP contribution in [-0.2, 0) is 0 Å². The van der Waals surface area contributed by atoms with Crippen LogP contribution in [-0.4, -0.2) is 35.0 Å². The van der Waals surface area contributed by atoms with Crippen molar-refractivity contribution in [1.82, 2.24) is 20.6 Å². The van der Waals surface area contributed by atoms with Gasteiger partial charge in [-0.2, -0.15) is 0 Å². The van der Waals surface area contributed by atoms with Crippen molar-refractivity contribution in [2.75, 3.05) is 13.1 Å². The lowest BCUT2D eigenvalue weighted by atomic mass is 10.1. The van der Waals surface area contributed by atoms with E-state index in [2.05, 4.69) is 20.6 Å². The number of carbonyl (C=O) groups is 1. The van der Waals surface area contributed by atoms with E-state index in [0.29, 0.717) is 5.56 Å². The highest BCUT2D eigenvalue weighted by atomic mass is 16.1. The Morgan fingerprint density at radius 1 is 1.47 bits per heavy atom. The van der Waals surface area contributed by atoms with Crippen molar-refractivity contribution in [2.24, 2.45) is 0 Å². The molecule has 2 heterocycles. The molecule has 1 saturated heterocycles. The molecule has 1 aromatic heterocycles. The summed E-state index contributed by atoms with van der Waals surface area (Å²) in [6, 6.07) is 0.228. The van der Waals surface area contributed by atoms with E-state index in [-0.39, 0.29) is 11.9 Å². The minimum absolute atomic E-state index is 0.0932. The Balaban J connectivity index is 1.91. The van der Waals surface area contributed by atoms with Gasteiger partial charge in [-0.05, 0) is 19.4 Å². The maximum atomic E-state index is 11.7. The summed E-state index contributed by atoms with van der Waals surface area (Å²) in [6.07, 6.45) is 6.61. The molecule has 1 fully saturated rings. The summed E-state index contributed by atoms with van der Waals surface area (Å²) in [5, 5.41) is 6.20. The maximum Gasteiger partial charge on any atom is 0.254 e. The van der Waals surface area contributed by atoms with Gasteiger partial charge in [-0.15, -0.1) is 0 Å². The normalized spacial score (nSPS) is 20.9. The molecule has 2 rings (SSSR count). The van der Waals surface area contributed by atoms with Crippen molar-refractivity contribution in [1.29, 1.82) is 0 Å².